The van der Waals surface area contributed by atoms with Gasteiger partial charge in [0.2, 0.25) is 5.13 Å². The first-order valence-corrected chi connectivity index (χ1v) is 5.47. The van der Waals surface area contributed by atoms with Gasteiger partial charge in [0.15, 0.2) is 0 Å². The minimum Gasteiger partial charge on any atom is -0.508 e. The van der Waals surface area contributed by atoms with Crippen molar-refractivity contribution < 1.29 is 10.2 Å². The maximum absolute atomic E-state index is 8.97. The number of anilines is 1. The summed E-state index contributed by atoms with van der Waals surface area (Å²) in [6.45, 7) is -0.394. The van der Waals surface area contributed by atoms with Crippen LogP contribution in [0.5, 0.6) is 0 Å². The van der Waals surface area contributed by atoms with Crippen molar-refractivity contribution in [3.8, 4) is 0 Å². The summed E-state index contributed by atoms with van der Waals surface area (Å²) >= 11 is 1.50. The molecule has 0 bridgehead atoms. The number of hydrogen-bond acceptors (Lipinski definition) is 6. The summed E-state index contributed by atoms with van der Waals surface area (Å²) in [5, 5.41) is 18.2. The SMILES string of the molecule is OCC(O)=CNNc1nc2ccccc2s1. The van der Waals surface area contributed by atoms with E-state index in [0.29, 0.717) is 5.13 Å². The van der Waals surface area contributed by atoms with E-state index in [1.165, 1.54) is 17.5 Å². The van der Waals surface area contributed by atoms with Crippen molar-refractivity contribution in [1.82, 2.24) is 10.4 Å². The fraction of sp³-hybridized carbons (Fsp3) is 0.100. The maximum Gasteiger partial charge on any atom is 0.202 e. The average molecular weight is 237 g/mol. The largest absolute Gasteiger partial charge is 0.508 e. The third kappa shape index (κ3) is 2.41. The minimum atomic E-state index is -0.394. The molecule has 0 aliphatic carbocycles. The number of nitrogens with one attached hydrogen (secondary N) is 2. The highest BCUT2D eigenvalue weighted by atomic mass is 32.1. The van der Waals surface area contributed by atoms with E-state index in [0.717, 1.165) is 10.2 Å². The number of aliphatic hydroxyl groups excluding tert-OH is 2. The van der Waals surface area contributed by atoms with Gasteiger partial charge in [-0.15, -0.1) is 0 Å². The van der Waals surface area contributed by atoms with Crippen molar-refractivity contribution in [1.29, 1.82) is 0 Å². The van der Waals surface area contributed by atoms with Crippen molar-refractivity contribution in [2.45, 2.75) is 0 Å². The number of hydrazine groups is 1. The zero-order valence-electron chi connectivity index (χ0n) is 8.34. The first-order chi connectivity index (χ1) is 7.79. The minimum absolute atomic E-state index is 0.145. The highest BCUT2D eigenvalue weighted by molar-refractivity contribution is 7.22. The molecule has 0 saturated carbocycles. The van der Waals surface area contributed by atoms with Crippen LogP contribution in [0, 0.1) is 0 Å². The van der Waals surface area contributed by atoms with Crippen LogP contribution in [-0.2, 0) is 0 Å². The van der Waals surface area contributed by atoms with Crippen molar-refractivity contribution in [2.24, 2.45) is 0 Å². The molecule has 0 fully saturated rings. The lowest BCUT2D eigenvalue weighted by atomic mass is 10.3. The smallest absolute Gasteiger partial charge is 0.202 e. The molecular weight excluding hydrogens is 226 g/mol. The number of nitrogens with zero attached hydrogens (tertiary/aromatic N) is 1. The second-order valence-corrected chi connectivity index (χ2v) is 4.08. The molecule has 1 heterocycles. The van der Waals surface area contributed by atoms with Crippen LogP contribution in [0.3, 0.4) is 0 Å². The molecule has 0 amide bonds. The van der Waals surface area contributed by atoms with Gasteiger partial charge in [0, 0.05) is 0 Å². The summed E-state index contributed by atoms with van der Waals surface area (Å²) < 4.78 is 1.09. The van der Waals surface area contributed by atoms with Crippen molar-refractivity contribution in [3.63, 3.8) is 0 Å². The molecule has 0 saturated heterocycles. The molecule has 1 aromatic heterocycles. The van der Waals surface area contributed by atoms with E-state index < -0.39 is 6.61 Å². The Morgan fingerprint density at radius 1 is 1.44 bits per heavy atom. The van der Waals surface area contributed by atoms with Crippen LogP contribution >= 0.6 is 11.3 Å². The molecule has 0 aliphatic rings. The Kier molecular flexibility index (Phi) is 3.23. The summed E-state index contributed by atoms with van der Waals surface area (Å²) in [5.41, 5.74) is 6.37. The number of para-hydroxylation sites is 1. The summed E-state index contributed by atoms with van der Waals surface area (Å²) in [6, 6.07) is 7.79. The summed E-state index contributed by atoms with van der Waals surface area (Å²) in [4.78, 5) is 4.31. The lowest BCUT2D eigenvalue weighted by Gasteiger charge is -2.00. The molecule has 16 heavy (non-hydrogen) atoms. The zero-order chi connectivity index (χ0) is 11.4. The highest BCUT2D eigenvalue weighted by Gasteiger charge is 2.00. The number of benzene rings is 1. The first-order valence-electron chi connectivity index (χ1n) is 4.65. The molecule has 1 aromatic carbocycles. The lowest BCUT2D eigenvalue weighted by Crippen LogP contribution is -2.15. The van der Waals surface area contributed by atoms with Gasteiger partial charge >= 0.3 is 0 Å². The van der Waals surface area contributed by atoms with Gasteiger partial charge in [-0.25, -0.2) is 4.98 Å². The fourth-order valence-electron chi connectivity index (χ4n) is 1.15. The van der Waals surface area contributed by atoms with Crippen LogP contribution < -0.4 is 10.9 Å². The molecular formula is C10H11N3O2S. The average Bonchev–Trinajstić information content (AvgIpc) is 2.71. The zero-order valence-corrected chi connectivity index (χ0v) is 9.16. The van der Waals surface area contributed by atoms with Crippen LogP contribution in [0.4, 0.5) is 5.13 Å². The standard InChI is InChI=1S/C10H11N3O2S/c14-6-7(15)5-11-13-10-12-8-3-1-2-4-9(8)16-10/h1-5,11,14-15H,6H2,(H,12,13). The van der Waals surface area contributed by atoms with Gasteiger partial charge in [-0.2, -0.15) is 0 Å². The monoisotopic (exact) mass is 237 g/mol. The van der Waals surface area contributed by atoms with Gasteiger partial charge in [-0.05, 0) is 12.1 Å². The first kappa shape index (κ1) is 10.7. The van der Waals surface area contributed by atoms with Crippen molar-refractivity contribution in [2.75, 3.05) is 12.0 Å². The lowest BCUT2D eigenvalue weighted by molar-refractivity contribution is 0.251. The summed E-state index contributed by atoms with van der Waals surface area (Å²) in [6.07, 6.45) is 1.27. The van der Waals surface area contributed by atoms with E-state index in [4.69, 9.17) is 10.2 Å². The molecule has 2 rings (SSSR count). The molecule has 84 valence electrons. The molecule has 5 nitrogen and oxygen atoms in total. The summed E-state index contributed by atoms with van der Waals surface area (Å²) in [5.74, 6) is -0.145. The fourth-order valence-corrected chi connectivity index (χ4v) is 1.98. The number of aliphatic hydroxyl groups is 2. The molecule has 2 aromatic rings. The van der Waals surface area contributed by atoms with E-state index in [1.54, 1.807) is 0 Å². The second kappa shape index (κ2) is 4.82. The van der Waals surface area contributed by atoms with Gasteiger partial charge in [0.05, 0.1) is 16.4 Å². The van der Waals surface area contributed by atoms with Gasteiger partial charge in [-0.1, -0.05) is 23.5 Å². The Morgan fingerprint density at radius 3 is 3.00 bits per heavy atom. The molecule has 0 radical (unpaired) electrons. The Balaban J connectivity index is 2.05. The van der Waals surface area contributed by atoms with E-state index in [2.05, 4.69) is 15.8 Å². The van der Waals surface area contributed by atoms with Crippen LogP contribution in [0.15, 0.2) is 36.2 Å². The summed E-state index contributed by atoms with van der Waals surface area (Å²) in [7, 11) is 0. The predicted octanol–water partition coefficient (Wildman–Crippen LogP) is 1.60. The molecule has 0 spiro atoms. The predicted molar refractivity (Wildman–Crippen MR) is 64.2 cm³/mol. The Labute approximate surface area is 96.0 Å². The van der Waals surface area contributed by atoms with Gasteiger partial charge in [0.1, 0.15) is 12.4 Å². The van der Waals surface area contributed by atoms with E-state index >= 15 is 0 Å². The quantitative estimate of drug-likeness (QED) is 0.480. The van der Waals surface area contributed by atoms with Gasteiger partial charge < -0.3 is 15.6 Å². The Morgan fingerprint density at radius 2 is 2.25 bits per heavy atom. The molecule has 0 unspecified atom stereocenters. The Hall–Kier alpha value is -1.79. The highest BCUT2D eigenvalue weighted by Crippen LogP contribution is 2.24. The third-order valence-electron chi connectivity index (χ3n) is 1.87. The molecule has 0 aliphatic heterocycles. The number of aromatic nitrogens is 1. The van der Waals surface area contributed by atoms with Gasteiger partial charge in [0.25, 0.3) is 0 Å². The van der Waals surface area contributed by atoms with Crippen molar-refractivity contribution >= 4 is 26.7 Å². The van der Waals surface area contributed by atoms with Gasteiger partial charge in [-0.3, -0.25) is 5.43 Å². The Bertz CT molecular complexity index is 476. The molecule has 0 atom stereocenters. The van der Waals surface area contributed by atoms with Crippen LogP contribution in [0.1, 0.15) is 0 Å². The second-order valence-electron chi connectivity index (χ2n) is 3.05. The van der Waals surface area contributed by atoms with E-state index in [-0.39, 0.29) is 5.76 Å². The van der Waals surface area contributed by atoms with E-state index in [9.17, 15) is 0 Å². The van der Waals surface area contributed by atoms with Crippen LogP contribution in [0.2, 0.25) is 0 Å². The van der Waals surface area contributed by atoms with Crippen LogP contribution in [-0.4, -0.2) is 21.8 Å². The number of thiazole rings is 1. The third-order valence-corrected chi connectivity index (χ3v) is 2.83. The molecule has 4 N–H and O–H groups in total. The van der Waals surface area contributed by atoms with Crippen LogP contribution in [0.25, 0.3) is 10.2 Å². The van der Waals surface area contributed by atoms with E-state index in [1.807, 2.05) is 24.3 Å². The topological polar surface area (TPSA) is 77.4 Å². The normalized spacial score (nSPS) is 11.7. The molecule has 6 heteroatoms. The number of hydrogen-bond donors (Lipinski definition) is 4. The number of fused-ring (bicyclic) bond motifs is 1. The maximum atomic E-state index is 8.97. The van der Waals surface area contributed by atoms with Crippen molar-refractivity contribution in [3.05, 3.63) is 36.2 Å². The number of rotatable bonds is 4.